The van der Waals surface area contributed by atoms with Crippen molar-refractivity contribution in [3.63, 3.8) is 0 Å². The first-order valence-corrected chi connectivity index (χ1v) is 8.37. The van der Waals surface area contributed by atoms with Gasteiger partial charge in [0.2, 0.25) is 5.91 Å². The van der Waals surface area contributed by atoms with Crippen molar-refractivity contribution in [1.82, 2.24) is 9.80 Å². The van der Waals surface area contributed by atoms with Gasteiger partial charge in [0.05, 0.1) is 0 Å². The van der Waals surface area contributed by atoms with Gasteiger partial charge >= 0.3 is 0 Å². The van der Waals surface area contributed by atoms with Gasteiger partial charge in [0.15, 0.2) is 0 Å². The Balaban J connectivity index is 1.52. The Morgan fingerprint density at radius 1 is 0.895 bits per heavy atom. The largest absolute Gasteiger partial charge is 0.339 e. The molecule has 0 N–H and O–H groups in total. The van der Waals surface area contributed by atoms with Crippen molar-refractivity contribution in [3.8, 4) is 0 Å². The second kappa shape index (κ2) is 6.25. The first-order valence-electron chi connectivity index (χ1n) is 8.37. The monoisotopic (exact) mass is 264 g/mol. The lowest BCUT2D eigenvalue weighted by molar-refractivity contribution is -0.142. The van der Waals surface area contributed by atoms with Crippen LogP contribution in [0.2, 0.25) is 0 Å². The van der Waals surface area contributed by atoms with Crippen molar-refractivity contribution < 1.29 is 4.79 Å². The van der Waals surface area contributed by atoms with Gasteiger partial charge in [-0.3, -0.25) is 4.79 Å². The van der Waals surface area contributed by atoms with E-state index in [1.165, 1.54) is 64.6 Å². The minimum Gasteiger partial charge on any atom is -0.339 e. The average Bonchev–Trinajstić information content (AvgIpc) is 2.87. The number of piperidine rings is 1. The smallest absolute Gasteiger partial charge is 0.225 e. The average molecular weight is 264 g/mol. The molecule has 108 valence electrons. The first kappa shape index (κ1) is 13.4. The molecule has 3 rings (SSSR count). The van der Waals surface area contributed by atoms with Crippen LogP contribution in [0.3, 0.4) is 0 Å². The summed E-state index contributed by atoms with van der Waals surface area (Å²) >= 11 is 0. The van der Waals surface area contributed by atoms with Crippen LogP contribution < -0.4 is 0 Å². The molecule has 0 bridgehead atoms. The highest BCUT2D eigenvalue weighted by molar-refractivity contribution is 5.80. The summed E-state index contributed by atoms with van der Waals surface area (Å²) in [5.74, 6) is 0.866. The van der Waals surface area contributed by atoms with Crippen molar-refractivity contribution in [2.45, 2.75) is 63.8 Å². The van der Waals surface area contributed by atoms with Crippen LogP contribution in [0.1, 0.15) is 57.8 Å². The molecule has 19 heavy (non-hydrogen) atoms. The van der Waals surface area contributed by atoms with E-state index in [2.05, 4.69) is 9.80 Å². The Bertz CT molecular complexity index is 308. The highest BCUT2D eigenvalue weighted by Crippen LogP contribution is 2.31. The Hall–Kier alpha value is -0.570. The molecule has 2 aliphatic heterocycles. The van der Waals surface area contributed by atoms with Crippen LogP contribution in [0.25, 0.3) is 0 Å². The highest BCUT2D eigenvalue weighted by atomic mass is 16.2. The van der Waals surface area contributed by atoms with Gasteiger partial charge < -0.3 is 9.80 Å². The van der Waals surface area contributed by atoms with Crippen molar-refractivity contribution in [2.24, 2.45) is 5.92 Å². The van der Waals surface area contributed by atoms with Gasteiger partial charge in [0.1, 0.15) is 0 Å². The van der Waals surface area contributed by atoms with E-state index >= 15 is 0 Å². The number of likely N-dealkylation sites (tertiary alicyclic amines) is 2. The zero-order chi connectivity index (χ0) is 13.1. The molecule has 0 aromatic carbocycles. The molecule has 3 heteroatoms. The summed E-state index contributed by atoms with van der Waals surface area (Å²) in [7, 11) is 0. The predicted octanol–water partition coefficient (Wildman–Crippen LogP) is 2.65. The van der Waals surface area contributed by atoms with Crippen LogP contribution in [0.15, 0.2) is 0 Å². The van der Waals surface area contributed by atoms with E-state index in [4.69, 9.17) is 0 Å². The van der Waals surface area contributed by atoms with E-state index in [9.17, 15) is 4.79 Å². The Morgan fingerprint density at radius 3 is 2.32 bits per heavy atom. The van der Waals surface area contributed by atoms with Crippen molar-refractivity contribution >= 4 is 5.91 Å². The molecule has 0 spiro atoms. The van der Waals surface area contributed by atoms with Crippen LogP contribution in [0, 0.1) is 5.92 Å². The van der Waals surface area contributed by atoms with Gasteiger partial charge in [-0.25, -0.2) is 0 Å². The SMILES string of the molecule is O=C(C1CCC1)N1CCCC[C@H]1CCN1CCCC1. The van der Waals surface area contributed by atoms with Crippen LogP contribution >= 0.6 is 0 Å². The van der Waals surface area contributed by atoms with Gasteiger partial charge in [-0.15, -0.1) is 0 Å². The molecule has 2 saturated heterocycles. The fraction of sp³-hybridized carbons (Fsp3) is 0.938. The third-order valence-electron chi connectivity index (χ3n) is 5.34. The summed E-state index contributed by atoms with van der Waals surface area (Å²) in [4.78, 5) is 17.3. The summed E-state index contributed by atoms with van der Waals surface area (Å²) in [6.45, 7) is 4.80. The molecule has 0 unspecified atom stereocenters. The fourth-order valence-electron chi connectivity index (χ4n) is 3.82. The van der Waals surface area contributed by atoms with E-state index < -0.39 is 0 Å². The van der Waals surface area contributed by atoms with E-state index in [1.807, 2.05) is 0 Å². The highest BCUT2D eigenvalue weighted by Gasteiger charge is 2.34. The normalized spacial score (nSPS) is 29.5. The predicted molar refractivity (Wildman–Crippen MR) is 77.0 cm³/mol. The fourth-order valence-corrected chi connectivity index (χ4v) is 3.82. The molecule has 1 atom stereocenters. The number of nitrogens with zero attached hydrogens (tertiary/aromatic N) is 2. The third-order valence-corrected chi connectivity index (χ3v) is 5.34. The molecular weight excluding hydrogens is 236 g/mol. The summed E-state index contributed by atoms with van der Waals surface area (Å²) in [5, 5.41) is 0. The van der Waals surface area contributed by atoms with E-state index in [0.29, 0.717) is 17.9 Å². The zero-order valence-electron chi connectivity index (χ0n) is 12.1. The molecule has 0 radical (unpaired) electrons. The van der Waals surface area contributed by atoms with Gasteiger partial charge in [0, 0.05) is 25.0 Å². The van der Waals surface area contributed by atoms with Crippen LogP contribution in [0.4, 0.5) is 0 Å². The number of hydrogen-bond donors (Lipinski definition) is 0. The summed E-state index contributed by atoms with van der Waals surface area (Å²) in [6.07, 6.45) is 11.3. The first-order chi connectivity index (χ1) is 9.34. The lowest BCUT2D eigenvalue weighted by Gasteiger charge is -2.40. The van der Waals surface area contributed by atoms with Gasteiger partial charge in [-0.05, 0) is 64.5 Å². The minimum absolute atomic E-state index is 0.382. The molecular formula is C16H28N2O. The van der Waals surface area contributed by atoms with E-state index in [-0.39, 0.29) is 0 Å². The molecule has 3 nitrogen and oxygen atoms in total. The number of carbonyl (C=O) groups is 1. The topological polar surface area (TPSA) is 23.6 Å². The lowest BCUT2D eigenvalue weighted by atomic mass is 9.83. The molecule has 1 amide bonds. The van der Waals surface area contributed by atoms with E-state index in [1.54, 1.807) is 0 Å². The third kappa shape index (κ3) is 3.13. The second-order valence-corrected chi connectivity index (χ2v) is 6.65. The standard InChI is InChI=1S/C16H28N2O/c19-16(14-6-5-7-14)18-12-2-1-8-15(18)9-13-17-10-3-4-11-17/h14-15H,1-13H2/t15-/m0/s1. The number of amides is 1. The van der Waals surface area contributed by atoms with Crippen LogP contribution in [-0.2, 0) is 4.79 Å². The molecule has 3 fully saturated rings. The molecule has 0 aromatic heterocycles. The maximum Gasteiger partial charge on any atom is 0.225 e. The van der Waals surface area contributed by atoms with E-state index in [0.717, 1.165) is 19.4 Å². The second-order valence-electron chi connectivity index (χ2n) is 6.65. The Labute approximate surface area is 117 Å². The number of carbonyl (C=O) groups excluding carboxylic acids is 1. The Morgan fingerprint density at radius 2 is 1.63 bits per heavy atom. The summed E-state index contributed by atoms with van der Waals surface area (Å²) in [6, 6.07) is 0.544. The molecule has 1 saturated carbocycles. The molecule has 2 heterocycles. The summed E-state index contributed by atoms with van der Waals surface area (Å²) in [5.41, 5.74) is 0. The number of hydrogen-bond acceptors (Lipinski definition) is 2. The molecule has 1 aliphatic carbocycles. The van der Waals surface area contributed by atoms with Gasteiger partial charge in [-0.2, -0.15) is 0 Å². The summed E-state index contributed by atoms with van der Waals surface area (Å²) < 4.78 is 0. The maximum absolute atomic E-state index is 12.5. The van der Waals surface area contributed by atoms with Crippen LogP contribution in [0.5, 0.6) is 0 Å². The molecule has 3 aliphatic rings. The lowest BCUT2D eigenvalue weighted by Crippen LogP contribution is -2.48. The zero-order valence-corrected chi connectivity index (χ0v) is 12.1. The maximum atomic E-state index is 12.5. The van der Waals surface area contributed by atoms with Crippen molar-refractivity contribution in [3.05, 3.63) is 0 Å². The van der Waals surface area contributed by atoms with Crippen molar-refractivity contribution in [2.75, 3.05) is 26.2 Å². The van der Waals surface area contributed by atoms with Crippen molar-refractivity contribution in [1.29, 1.82) is 0 Å². The minimum atomic E-state index is 0.382. The quantitative estimate of drug-likeness (QED) is 0.779. The Kier molecular flexibility index (Phi) is 4.42. The van der Waals surface area contributed by atoms with Gasteiger partial charge in [0.25, 0.3) is 0 Å². The van der Waals surface area contributed by atoms with Crippen LogP contribution in [-0.4, -0.2) is 47.9 Å². The van der Waals surface area contributed by atoms with Gasteiger partial charge in [-0.1, -0.05) is 6.42 Å². The number of rotatable bonds is 4. The molecule has 0 aromatic rings.